The van der Waals surface area contributed by atoms with Crippen molar-refractivity contribution in [3.05, 3.63) is 46.6 Å². The van der Waals surface area contributed by atoms with Crippen LogP contribution in [0.15, 0.2) is 31.0 Å². The van der Waals surface area contributed by atoms with E-state index in [1.165, 1.54) is 6.26 Å². The van der Waals surface area contributed by atoms with Gasteiger partial charge < -0.3 is 10.1 Å². The van der Waals surface area contributed by atoms with E-state index in [0.29, 0.717) is 18.2 Å². The third-order valence-corrected chi connectivity index (χ3v) is 2.66. The zero-order valence-corrected chi connectivity index (χ0v) is 10.5. The molecule has 0 amide bonds. The van der Waals surface area contributed by atoms with Gasteiger partial charge in [-0.25, -0.2) is 0 Å². The van der Waals surface area contributed by atoms with Crippen LogP contribution in [0.4, 0.5) is 0 Å². The van der Waals surface area contributed by atoms with Crippen LogP contribution in [0.1, 0.15) is 12.0 Å². The lowest BCUT2D eigenvalue weighted by molar-refractivity contribution is 0.244. The quantitative estimate of drug-likeness (QED) is 0.597. The van der Waals surface area contributed by atoms with Gasteiger partial charge in [0.2, 0.25) is 0 Å². The van der Waals surface area contributed by atoms with Gasteiger partial charge in [-0.3, -0.25) is 0 Å². The normalized spacial score (nSPS) is 10.1. The number of ether oxygens (including phenoxy) is 1. The second-order valence-electron chi connectivity index (χ2n) is 3.30. The highest BCUT2D eigenvalue weighted by molar-refractivity contribution is 6.33. The maximum absolute atomic E-state index is 6.02. The number of benzene rings is 1. The van der Waals surface area contributed by atoms with Crippen LogP contribution >= 0.6 is 23.2 Å². The topological polar surface area (TPSA) is 21.3 Å². The third kappa shape index (κ3) is 4.88. The van der Waals surface area contributed by atoms with Gasteiger partial charge in [0.1, 0.15) is 0 Å². The third-order valence-electron chi connectivity index (χ3n) is 2.06. The minimum absolute atomic E-state index is 0.680. The van der Waals surface area contributed by atoms with E-state index in [0.717, 1.165) is 23.6 Å². The van der Waals surface area contributed by atoms with Gasteiger partial charge in [0.05, 0.1) is 12.9 Å². The molecule has 1 rings (SSSR count). The van der Waals surface area contributed by atoms with Gasteiger partial charge in [-0.15, -0.1) is 0 Å². The van der Waals surface area contributed by atoms with Gasteiger partial charge in [0.25, 0.3) is 0 Å². The molecule has 0 fully saturated rings. The molecule has 2 nitrogen and oxygen atoms in total. The summed E-state index contributed by atoms with van der Waals surface area (Å²) in [7, 11) is 0. The maximum Gasteiger partial charge on any atom is 0.0885 e. The first-order valence-electron chi connectivity index (χ1n) is 5.11. The molecule has 0 aliphatic carbocycles. The second kappa shape index (κ2) is 7.55. The summed E-state index contributed by atoms with van der Waals surface area (Å²) in [5.41, 5.74) is 1.01. The van der Waals surface area contributed by atoms with E-state index >= 15 is 0 Å². The van der Waals surface area contributed by atoms with Crippen LogP contribution in [0.3, 0.4) is 0 Å². The molecule has 0 spiro atoms. The number of rotatable bonds is 7. The van der Waals surface area contributed by atoms with E-state index < -0.39 is 0 Å². The van der Waals surface area contributed by atoms with Crippen LogP contribution in [0.2, 0.25) is 10.0 Å². The smallest absolute Gasteiger partial charge is 0.0885 e. The van der Waals surface area contributed by atoms with Gasteiger partial charge in [-0.1, -0.05) is 29.8 Å². The highest BCUT2D eigenvalue weighted by Crippen LogP contribution is 2.20. The number of nitrogens with one attached hydrogen (secondary N) is 1. The largest absolute Gasteiger partial charge is 0.502 e. The zero-order valence-electron chi connectivity index (χ0n) is 9.01. The van der Waals surface area contributed by atoms with Gasteiger partial charge in [0.15, 0.2) is 0 Å². The molecule has 1 aromatic carbocycles. The molecule has 0 radical (unpaired) electrons. The summed E-state index contributed by atoms with van der Waals surface area (Å²) in [6.07, 6.45) is 2.39. The summed E-state index contributed by atoms with van der Waals surface area (Å²) >= 11 is 11.9. The Morgan fingerprint density at radius 1 is 1.38 bits per heavy atom. The van der Waals surface area contributed by atoms with Crippen LogP contribution in [-0.2, 0) is 11.3 Å². The molecule has 0 saturated heterocycles. The molecule has 0 heterocycles. The summed E-state index contributed by atoms with van der Waals surface area (Å²) in [6.45, 7) is 5.74. The first-order chi connectivity index (χ1) is 7.74. The van der Waals surface area contributed by atoms with Crippen molar-refractivity contribution in [3.63, 3.8) is 0 Å². The first kappa shape index (κ1) is 13.4. The highest BCUT2D eigenvalue weighted by atomic mass is 35.5. The monoisotopic (exact) mass is 259 g/mol. The Labute approximate surface area is 106 Å². The Bertz CT molecular complexity index is 342. The van der Waals surface area contributed by atoms with Crippen molar-refractivity contribution < 1.29 is 4.74 Å². The zero-order chi connectivity index (χ0) is 11.8. The first-order valence-corrected chi connectivity index (χ1v) is 5.87. The fourth-order valence-electron chi connectivity index (χ4n) is 1.27. The molecular formula is C12H15Cl2NO. The van der Waals surface area contributed by atoms with E-state index in [4.69, 9.17) is 27.9 Å². The molecule has 16 heavy (non-hydrogen) atoms. The number of hydrogen-bond acceptors (Lipinski definition) is 2. The SMILES string of the molecule is C=COCCCNCc1cc(Cl)ccc1Cl. The van der Waals surface area contributed by atoms with Crippen molar-refractivity contribution in [2.45, 2.75) is 13.0 Å². The van der Waals surface area contributed by atoms with Crippen LogP contribution in [0, 0.1) is 0 Å². The number of halogens is 2. The molecular weight excluding hydrogens is 245 g/mol. The van der Waals surface area contributed by atoms with Gasteiger partial charge in [0, 0.05) is 16.6 Å². The predicted octanol–water partition coefficient (Wildman–Crippen LogP) is 3.63. The van der Waals surface area contributed by atoms with Crippen molar-refractivity contribution in [2.24, 2.45) is 0 Å². The molecule has 0 atom stereocenters. The summed E-state index contributed by atoms with van der Waals surface area (Å²) < 4.78 is 5.01. The summed E-state index contributed by atoms with van der Waals surface area (Å²) in [6, 6.07) is 5.46. The van der Waals surface area contributed by atoms with E-state index in [2.05, 4.69) is 11.9 Å². The standard InChI is InChI=1S/C12H15Cl2NO/c1-2-16-7-3-6-15-9-10-8-11(13)4-5-12(10)14/h2,4-5,8,15H,1,3,6-7,9H2. The van der Waals surface area contributed by atoms with E-state index in [9.17, 15) is 0 Å². The fraction of sp³-hybridized carbons (Fsp3) is 0.333. The lowest BCUT2D eigenvalue weighted by Gasteiger charge is -2.07. The summed E-state index contributed by atoms with van der Waals surface area (Å²) in [4.78, 5) is 0. The maximum atomic E-state index is 6.02. The Balaban J connectivity index is 2.26. The predicted molar refractivity (Wildman–Crippen MR) is 68.9 cm³/mol. The molecule has 1 aromatic rings. The molecule has 0 aliphatic heterocycles. The molecule has 0 unspecified atom stereocenters. The van der Waals surface area contributed by atoms with E-state index in [-0.39, 0.29) is 0 Å². The molecule has 0 bridgehead atoms. The average Bonchev–Trinajstić information content (AvgIpc) is 2.28. The lowest BCUT2D eigenvalue weighted by atomic mass is 10.2. The lowest BCUT2D eigenvalue weighted by Crippen LogP contribution is -2.16. The van der Waals surface area contributed by atoms with Crippen molar-refractivity contribution in [2.75, 3.05) is 13.2 Å². The van der Waals surface area contributed by atoms with Gasteiger partial charge >= 0.3 is 0 Å². The van der Waals surface area contributed by atoms with E-state index in [1.54, 1.807) is 6.07 Å². The number of hydrogen-bond donors (Lipinski definition) is 1. The molecule has 4 heteroatoms. The van der Waals surface area contributed by atoms with Crippen molar-refractivity contribution in [1.29, 1.82) is 0 Å². The molecule has 0 aromatic heterocycles. The summed E-state index contributed by atoms with van der Waals surface area (Å²) in [5.74, 6) is 0. The van der Waals surface area contributed by atoms with Crippen LogP contribution in [-0.4, -0.2) is 13.2 Å². The van der Waals surface area contributed by atoms with E-state index in [1.807, 2.05) is 12.1 Å². The molecule has 0 saturated carbocycles. The van der Waals surface area contributed by atoms with Gasteiger partial charge in [-0.2, -0.15) is 0 Å². The fourth-order valence-corrected chi connectivity index (χ4v) is 1.64. The highest BCUT2D eigenvalue weighted by Gasteiger charge is 2.00. The Kier molecular flexibility index (Phi) is 6.31. The van der Waals surface area contributed by atoms with Crippen LogP contribution in [0.5, 0.6) is 0 Å². The molecule has 0 aliphatic rings. The summed E-state index contributed by atoms with van der Waals surface area (Å²) in [5, 5.41) is 4.71. The van der Waals surface area contributed by atoms with Crippen molar-refractivity contribution >= 4 is 23.2 Å². The Morgan fingerprint density at radius 3 is 2.94 bits per heavy atom. The minimum atomic E-state index is 0.680. The van der Waals surface area contributed by atoms with Crippen LogP contribution < -0.4 is 5.32 Å². The molecule has 1 N–H and O–H groups in total. The van der Waals surface area contributed by atoms with Crippen molar-refractivity contribution in [1.82, 2.24) is 5.32 Å². The minimum Gasteiger partial charge on any atom is -0.502 e. The second-order valence-corrected chi connectivity index (χ2v) is 4.15. The Morgan fingerprint density at radius 2 is 2.19 bits per heavy atom. The molecule has 88 valence electrons. The average molecular weight is 260 g/mol. The van der Waals surface area contributed by atoms with Gasteiger partial charge in [-0.05, 0) is 36.7 Å². The van der Waals surface area contributed by atoms with Crippen LogP contribution in [0.25, 0.3) is 0 Å². The van der Waals surface area contributed by atoms with Crippen molar-refractivity contribution in [3.8, 4) is 0 Å². The Hall–Kier alpha value is -0.700.